The van der Waals surface area contributed by atoms with E-state index in [0.29, 0.717) is 13.0 Å². The summed E-state index contributed by atoms with van der Waals surface area (Å²) >= 11 is 0. The minimum absolute atomic E-state index is 0.0490. The molecule has 21 heavy (non-hydrogen) atoms. The van der Waals surface area contributed by atoms with Crippen LogP contribution in [-0.2, 0) is 23.1 Å². The van der Waals surface area contributed by atoms with Gasteiger partial charge in [-0.2, -0.15) is 5.10 Å². The van der Waals surface area contributed by atoms with Gasteiger partial charge in [0, 0.05) is 19.8 Å². The molecule has 3 aliphatic carbocycles. The minimum atomic E-state index is -0.0878. The fraction of sp³-hybridized carbons (Fsp3) is 0.562. The fourth-order valence-corrected chi connectivity index (χ4v) is 4.20. The van der Waals surface area contributed by atoms with Crippen LogP contribution in [0.4, 0.5) is 0 Å². The molecule has 2 heterocycles. The summed E-state index contributed by atoms with van der Waals surface area (Å²) in [5, 5.41) is 4.12. The zero-order valence-corrected chi connectivity index (χ0v) is 12.1. The van der Waals surface area contributed by atoms with Crippen molar-refractivity contribution < 1.29 is 9.59 Å². The lowest BCUT2D eigenvalue weighted by atomic mass is 9.63. The van der Waals surface area contributed by atoms with E-state index in [2.05, 4.69) is 17.3 Å². The molecule has 4 unspecified atom stereocenters. The molecule has 5 heteroatoms. The summed E-state index contributed by atoms with van der Waals surface area (Å²) < 4.78 is 1.74. The number of aryl methyl sites for hydroxylation is 1. The molecule has 5 rings (SSSR count). The zero-order chi connectivity index (χ0) is 14.6. The van der Waals surface area contributed by atoms with Gasteiger partial charge in [0.2, 0.25) is 11.8 Å². The average Bonchev–Trinajstić information content (AvgIpc) is 3.03. The first kappa shape index (κ1) is 12.8. The van der Waals surface area contributed by atoms with Crippen molar-refractivity contribution in [1.82, 2.24) is 14.7 Å². The Hall–Kier alpha value is -1.91. The molecule has 5 nitrogen and oxygen atoms in total. The van der Waals surface area contributed by atoms with Crippen molar-refractivity contribution >= 4 is 11.8 Å². The molecule has 0 N–H and O–H groups in total. The van der Waals surface area contributed by atoms with Gasteiger partial charge < -0.3 is 0 Å². The Morgan fingerprint density at radius 1 is 1.14 bits per heavy atom. The van der Waals surface area contributed by atoms with Crippen LogP contribution in [0.2, 0.25) is 0 Å². The molecule has 0 radical (unpaired) electrons. The Morgan fingerprint density at radius 2 is 1.76 bits per heavy atom. The van der Waals surface area contributed by atoms with Gasteiger partial charge in [-0.25, -0.2) is 0 Å². The Bertz CT molecular complexity index is 601. The van der Waals surface area contributed by atoms with Gasteiger partial charge >= 0.3 is 0 Å². The second-order valence-corrected chi connectivity index (χ2v) is 6.44. The third kappa shape index (κ3) is 1.87. The van der Waals surface area contributed by atoms with Crippen LogP contribution in [0.5, 0.6) is 0 Å². The molecule has 1 aromatic rings. The van der Waals surface area contributed by atoms with E-state index in [9.17, 15) is 9.59 Å². The topological polar surface area (TPSA) is 55.2 Å². The van der Waals surface area contributed by atoms with Gasteiger partial charge in [-0.05, 0) is 36.7 Å². The van der Waals surface area contributed by atoms with Crippen LogP contribution < -0.4 is 0 Å². The van der Waals surface area contributed by atoms with Crippen molar-refractivity contribution in [2.45, 2.75) is 19.3 Å². The third-order valence-corrected chi connectivity index (χ3v) is 5.23. The number of aromatic nitrogens is 2. The molecule has 2 fully saturated rings. The van der Waals surface area contributed by atoms with E-state index in [0.717, 1.165) is 18.4 Å². The number of likely N-dealkylation sites (tertiary alicyclic amines) is 1. The van der Waals surface area contributed by atoms with Crippen molar-refractivity contribution in [3.8, 4) is 0 Å². The van der Waals surface area contributed by atoms with Gasteiger partial charge in [0.1, 0.15) is 0 Å². The van der Waals surface area contributed by atoms with E-state index in [-0.39, 0.29) is 35.5 Å². The standard InChI is InChI=1S/C16H19N3O2/c1-18-9-10(8-17-18)6-7-19-15(20)13-11-2-3-12(5-4-11)14(13)16(19)21/h2-3,8-9,11-14H,4-7H2,1H3. The molecule has 0 spiro atoms. The predicted molar refractivity (Wildman–Crippen MR) is 76.0 cm³/mol. The number of hydrogen-bond acceptors (Lipinski definition) is 3. The number of imide groups is 1. The smallest absolute Gasteiger partial charge is 0.233 e. The average molecular weight is 285 g/mol. The fourth-order valence-electron chi connectivity index (χ4n) is 4.20. The van der Waals surface area contributed by atoms with E-state index in [1.54, 1.807) is 10.9 Å². The number of allylic oxidation sites excluding steroid dienone is 2. The van der Waals surface area contributed by atoms with Crippen molar-refractivity contribution in [1.29, 1.82) is 0 Å². The van der Waals surface area contributed by atoms with E-state index in [1.165, 1.54) is 4.90 Å². The third-order valence-electron chi connectivity index (χ3n) is 5.23. The number of carbonyl (C=O) groups excluding carboxylic acids is 2. The molecule has 1 aromatic heterocycles. The van der Waals surface area contributed by atoms with Crippen LogP contribution >= 0.6 is 0 Å². The number of amides is 2. The van der Waals surface area contributed by atoms with E-state index < -0.39 is 0 Å². The summed E-state index contributed by atoms with van der Waals surface area (Å²) in [4.78, 5) is 26.7. The monoisotopic (exact) mass is 285 g/mol. The van der Waals surface area contributed by atoms with E-state index in [4.69, 9.17) is 0 Å². The van der Waals surface area contributed by atoms with Crippen molar-refractivity contribution in [2.24, 2.45) is 30.7 Å². The maximum atomic E-state index is 12.6. The van der Waals surface area contributed by atoms with Crippen LogP contribution in [0.1, 0.15) is 18.4 Å². The van der Waals surface area contributed by atoms with Gasteiger partial charge in [0.25, 0.3) is 0 Å². The Morgan fingerprint density at radius 3 is 2.24 bits per heavy atom. The lowest BCUT2D eigenvalue weighted by Crippen LogP contribution is -2.38. The summed E-state index contributed by atoms with van der Waals surface area (Å²) in [6.45, 7) is 0.482. The van der Waals surface area contributed by atoms with E-state index >= 15 is 0 Å². The second kappa shape index (κ2) is 4.55. The summed E-state index contributed by atoms with van der Waals surface area (Å²) in [6, 6.07) is 0. The molecule has 2 amide bonds. The molecule has 1 aliphatic heterocycles. The van der Waals surface area contributed by atoms with Gasteiger partial charge in [0.15, 0.2) is 0 Å². The van der Waals surface area contributed by atoms with Gasteiger partial charge in [-0.3, -0.25) is 19.2 Å². The SMILES string of the molecule is Cn1cc(CCN2C(=O)C3C4C=CC(CC4)C3C2=O)cn1. The molecule has 4 aliphatic rings. The number of nitrogens with zero attached hydrogens (tertiary/aromatic N) is 3. The second-order valence-electron chi connectivity index (χ2n) is 6.44. The Labute approximate surface area is 123 Å². The van der Waals surface area contributed by atoms with Crippen LogP contribution in [0.25, 0.3) is 0 Å². The first-order chi connectivity index (χ1) is 10.1. The molecule has 110 valence electrons. The quantitative estimate of drug-likeness (QED) is 0.618. The lowest BCUT2D eigenvalue weighted by molar-refractivity contribution is -0.140. The van der Waals surface area contributed by atoms with Crippen LogP contribution in [0.3, 0.4) is 0 Å². The summed E-state index contributed by atoms with van der Waals surface area (Å²) in [6.07, 6.45) is 10.8. The Kier molecular flexibility index (Phi) is 2.77. The van der Waals surface area contributed by atoms with Gasteiger partial charge in [-0.15, -0.1) is 0 Å². The molecule has 2 bridgehead atoms. The van der Waals surface area contributed by atoms with Crippen molar-refractivity contribution in [2.75, 3.05) is 6.54 Å². The highest BCUT2D eigenvalue weighted by Gasteiger charge is 2.56. The Balaban J connectivity index is 1.52. The zero-order valence-electron chi connectivity index (χ0n) is 12.1. The highest BCUT2D eigenvalue weighted by Crippen LogP contribution is 2.49. The van der Waals surface area contributed by atoms with Gasteiger partial charge in [-0.1, -0.05) is 12.2 Å². The molecule has 0 aromatic carbocycles. The number of hydrogen-bond donors (Lipinski definition) is 0. The first-order valence-corrected chi connectivity index (χ1v) is 7.66. The number of rotatable bonds is 3. The molecule has 1 saturated carbocycles. The number of fused-ring (bicyclic) bond motifs is 1. The van der Waals surface area contributed by atoms with Crippen molar-refractivity contribution in [3.63, 3.8) is 0 Å². The van der Waals surface area contributed by atoms with Crippen LogP contribution in [0, 0.1) is 23.7 Å². The molecular formula is C16H19N3O2. The van der Waals surface area contributed by atoms with E-state index in [1.807, 2.05) is 13.2 Å². The first-order valence-electron chi connectivity index (χ1n) is 7.66. The summed E-state index contributed by atoms with van der Waals surface area (Å²) in [5.74, 6) is 0.478. The maximum absolute atomic E-state index is 12.6. The van der Waals surface area contributed by atoms with Crippen molar-refractivity contribution in [3.05, 3.63) is 30.1 Å². The molecular weight excluding hydrogens is 266 g/mol. The normalized spacial score (nSPS) is 33.9. The van der Waals surface area contributed by atoms with Crippen LogP contribution in [-0.4, -0.2) is 33.0 Å². The minimum Gasteiger partial charge on any atom is -0.282 e. The summed E-state index contributed by atoms with van der Waals surface area (Å²) in [7, 11) is 1.87. The highest BCUT2D eigenvalue weighted by atomic mass is 16.2. The summed E-state index contributed by atoms with van der Waals surface area (Å²) in [5.41, 5.74) is 1.06. The number of carbonyl (C=O) groups is 2. The van der Waals surface area contributed by atoms with Gasteiger partial charge in [0.05, 0.1) is 18.0 Å². The predicted octanol–water partition coefficient (Wildman–Crippen LogP) is 1.16. The highest BCUT2D eigenvalue weighted by molar-refractivity contribution is 6.06. The largest absolute Gasteiger partial charge is 0.282 e. The molecule has 4 atom stereocenters. The maximum Gasteiger partial charge on any atom is 0.233 e. The van der Waals surface area contributed by atoms with Crippen LogP contribution in [0.15, 0.2) is 24.5 Å². The lowest BCUT2D eigenvalue weighted by Gasteiger charge is -2.38. The molecule has 1 saturated heterocycles.